The molecule has 0 saturated heterocycles. The summed E-state index contributed by atoms with van der Waals surface area (Å²) in [6.45, 7) is 12.6. The van der Waals surface area contributed by atoms with Crippen molar-refractivity contribution in [3.63, 3.8) is 0 Å². The first kappa shape index (κ1) is 22.2. The van der Waals surface area contributed by atoms with Crippen LogP contribution in [0, 0.1) is 5.41 Å². The summed E-state index contributed by atoms with van der Waals surface area (Å²) in [6.07, 6.45) is 4.01. The van der Waals surface area contributed by atoms with E-state index in [9.17, 15) is 5.11 Å². The highest BCUT2D eigenvalue weighted by molar-refractivity contribution is 14.0. The van der Waals surface area contributed by atoms with E-state index >= 15 is 0 Å². The molecule has 0 fully saturated rings. The second kappa shape index (κ2) is 12.7. The van der Waals surface area contributed by atoms with Gasteiger partial charge < -0.3 is 15.7 Å². The molecule has 0 aromatic heterocycles. The van der Waals surface area contributed by atoms with E-state index in [4.69, 9.17) is 4.99 Å². The van der Waals surface area contributed by atoms with Gasteiger partial charge in [0.1, 0.15) is 0 Å². The number of halogens is 1. The fraction of sp³-hybridized carbons (Fsp3) is 0.933. The fourth-order valence-electron chi connectivity index (χ4n) is 2.05. The number of nitrogens with one attached hydrogen (secondary N) is 2. The predicted octanol–water partition coefficient (Wildman–Crippen LogP) is 3.15. The predicted molar refractivity (Wildman–Crippen MR) is 99.0 cm³/mol. The molecule has 4 nitrogen and oxygen atoms in total. The summed E-state index contributed by atoms with van der Waals surface area (Å²) in [7, 11) is 0. The molecule has 0 saturated carbocycles. The summed E-state index contributed by atoms with van der Waals surface area (Å²) >= 11 is 0. The summed E-state index contributed by atoms with van der Waals surface area (Å²) in [4.78, 5) is 4.72. The van der Waals surface area contributed by atoms with Gasteiger partial charge in [-0.1, -0.05) is 20.8 Å². The van der Waals surface area contributed by atoms with Crippen LogP contribution in [0.2, 0.25) is 0 Å². The van der Waals surface area contributed by atoms with Gasteiger partial charge in [0.05, 0.1) is 0 Å². The van der Waals surface area contributed by atoms with Crippen molar-refractivity contribution < 1.29 is 5.11 Å². The maximum Gasteiger partial charge on any atom is 0.191 e. The summed E-state index contributed by atoms with van der Waals surface area (Å²) in [5.41, 5.74) is 0.132. The minimum atomic E-state index is 0. The minimum absolute atomic E-state index is 0. The van der Waals surface area contributed by atoms with E-state index in [-0.39, 0.29) is 36.0 Å². The van der Waals surface area contributed by atoms with Crippen LogP contribution in [0.4, 0.5) is 0 Å². The average Bonchev–Trinajstić information content (AvgIpc) is 2.43. The molecule has 0 aromatic rings. The largest absolute Gasteiger partial charge is 0.396 e. The Hall–Kier alpha value is -0.0400. The Morgan fingerprint density at radius 3 is 2.20 bits per heavy atom. The molecule has 0 amide bonds. The van der Waals surface area contributed by atoms with Crippen molar-refractivity contribution in [1.29, 1.82) is 0 Å². The lowest BCUT2D eigenvalue weighted by Gasteiger charge is -2.29. The Kier molecular flexibility index (Phi) is 14.1. The van der Waals surface area contributed by atoms with Crippen molar-refractivity contribution in [2.24, 2.45) is 10.4 Å². The zero-order chi connectivity index (χ0) is 14.7. The van der Waals surface area contributed by atoms with Gasteiger partial charge >= 0.3 is 0 Å². The van der Waals surface area contributed by atoms with E-state index in [2.05, 4.69) is 45.3 Å². The molecule has 0 aliphatic carbocycles. The number of aliphatic imine (C=N–C) groups is 1. The minimum Gasteiger partial charge on any atom is -0.396 e. The van der Waals surface area contributed by atoms with Crippen LogP contribution in [0.1, 0.15) is 60.3 Å². The zero-order valence-electron chi connectivity index (χ0n) is 13.8. The first-order valence-corrected chi connectivity index (χ1v) is 7.73. The second-order valence-electron chi connectivity index (χ2n) is 5.33. The van der Waals surface area contributed by atoms with Crippen LogP contribution < -0.4 is 10.6 Å². The van der Waals surface area contributed by atoms with E-state index < -0.39 is 0 Å². The molecule has 0 spiro atoms. The van der Waals surface area contributed by atoms with E-state index in [1.807, 2.05) is 0 Å². The highest BCUT2D eigenvalue weighted by atomic mass is 127. The smallest absolute Gasteiger partial charge is 0.191 e. The third-order valence-electron chi connectivity index (χ3n) is 4.05. The lowest BCUT2D eigenvalue weighted by molar-refractivity contribution is 0.175. The van der Waals surface area contributed by atoms with Gasteiger partial charge in [-0.2, -0.15) is 0 Å². The average molecular weight is 399 g/mol. The van der Waals surface area contributed by atoms with Crippen LogP contribution in [0.5, 0.6) is 0 Å². The van der Waals surface area contributed by atoms with Crippen molar-refractivity contribution >= 4 is 29.9 Å². The quantitative estimate of drug-likeness (QED) is 0.317. The SMILES string of the molecule is CCNC(=NCC(CC)(CC)CCO)NC(C)CC.I. The van der Waals surface area contributed by atoms with Crippen LogP contribution in [0.25, 0.3) is 0 Å². The Morgan fingerprint density at radius 2 is 1.80 bits per heavy atom. The first-order chi connectivity index (χ1) is 9.07. The number of guanidine groups is 1. The normalized spacial score (nSPS) is 13.6. The topological polar surface area (TPSA) is 56.7 Å². The van der Waals surface area contributed by atoms with Gasteiger partial charge in [-0.05, 0) is 44.9 Å². The second-order valence-corrected chi connectivity index (χ2v) is 5.33. The third-order valence-corrected chi connectivity index (χ3v) is 4.05. The number of aliphatic hydroxyl groups is 1. The summed E-state index contributed by atoms with van der Waals surface area (Å²) in [5.74, 6) is 0.890. The van der Waals surface area contributed by atoms with E-state index in [1.165, 1.54) is 0 Å². The Bertz CT molecular complexity index is 256. The fourth-order valence-corrected chi connectivity index (χ4v) is 2.05. The molecular weight excluding hydrogens is 365 g/mol. The van der Waals surface area contributed by atoms with E-state index in [0.29, 0.717) is 6.04 Å². The molecule has 0 aliphatic heterocycles. The molecule has 1 unspecified atom stereocenters. The lowest BCUT2D eigenvalue weighted by Crippen LogP contribution is -2.42. The van der Waals surface area contributed by atoms with Crippen LogP contribution in [0.3, 0.4) is 0 Å². The van der Waals surface area contributed by atoms with Crippen molar-refractivity contribution in [2.75, 3.05) is 19.7 Å². The highest BCUT2D eigenvalue weighted by Crippen LogP contribution is 2.30. The Morgan fingerprint density at radius 1 is 1.20 bits per heavy atom. The van der Waals surface area contributed by atoms with E-state index in [0.717, 1.165) is 44.7 Å². The third kappa shape index (κ3) is 8.29. The van der Waals surface area contributed by atoms with Gasteiger partial charge in [-0.3, -0.25) is 4.99 Å². The molecule has 20 heavy (non-hydrogen) atoms. The summed E-state index contributed by atoms with van der Waals surface area (Å²) in [6, 6.07) is 0.424. The van der Waals surface area contributed by atoms with Gasteiger partial charge in [-0.25, -0.2) is 0 Å². The van der Waals surface area contributed by atoms with Crippen molar-refractivity contribution in [1.82, 2.24) is 10.6 Å². The number of hydrogen-bond acceptors (Lipinski definition) is 2. The Labute approximate surface area is 142 Å². The molecule has 5 heteroatoms. The van der Waals surface area contributed by atoms with E-state index in [1.54, 1.807) is 0 Å². The highest BCUT2D eigenvalue weighted by Gasteiger charge is 2.25. The van der Waals surface area contributed by atoms with Crippen molar-refractivity contribution in [2.45, 2.75) is 66.3 Å². The molecule has 3 N–H and O–H groups in total. The van der Waals surface area contributed by atoms with Crippen LogP contribution >= 0.6 is 24.0 Å². The maximum absolute atomic E-state index is 9.24. The van der Waals surface area contributed by atoms with Gasteiger partial charge in [0.25, 0.3) is 0 Å². The Balaban J connectivity index is 0. The molecule has 0 bridgehead atoms. The molecule has 1 atom stereocenters. The molecule has 0 heterocycles. The number of rotatable bonds is 9. The summed E-state index contributed by atoms with van der Waals surface area (Å²) in [5, 5.41) is 15.9. The van der Waals surface area contributed by atoms with Crippen LogP contribution in [-0.4, -0.2) is 36.8 Å². The molecule has 0 radical (unpaired) electrons. The first-order valence-electron chi connectivity index (χ1n) is 7.73. The zero-order valence-corrected chi connectivity index (χ0v) is 16.2. The van der Waals surface area contributed by atoms with Gasteiger partial charge in [0, 0.05) is 25.7 Å². The van der Waals surface area contributed by atoms with Crippen LogP contribution in [0.15, 0.2) is 4.99 Å². The monoisotopic (exact) mass is 399 g/mol. The van der Waals surface area contributed by atoms with Crippen LogP contribution in [-0.2, 0) is 0 Å². The standard InChI is InChI=1S/C15H33N3O.HI/c1-6-13(5)18-14(16-9-4)17-12-15(7-2,8-3)10-11-19;/h13,19H,6-12H2,1-5H3,(H2,16,17,18);1H. The maximum atomic E-state index is 9.24. The lowest BCUT2D eigenvalue weighted by atomic mass is 9.79. The van der Waals surface area contributed by atoms with Crippen molar-refractivity contribution in [3.05, 3.63) is 0 Å². The summed E-state index contributed by atoms with van der Waals surface area (Å²) < 4.78 is 0. The number of nitrogens with zero attached hydrogens (tertiary/aromatic N) is 1. The molecule has 0 aliphatic rings. The molecular formula is C15H34IN3O. The molecule has 0 aromatic carbocycles. The van der Waals surface area contributed by atoms with Gasteiger partial charge in [-0.15, -0.1) is 24.0 Å². The number of hydrogen-bond donors (Lipinski definition) is 3. The molecule has 0 rings (SSSR count). The van der Waals surface area contributed by atoms with Crippen molar-refractivity contribution in [3.8, 4) is 0 Å². The molecule has 122 valence electrons. The van der Waals surface area contributed by atoms with Gasteiger partial charge in [0.2, 0.25) is 0 Å². The number of aliphatic hydroxyl groups excluding tert-OH is 1. The van der Waals surface area contributed by atoms with Gasteiger partial charge in [0.15, 0.2) is 5.96 Å².